The van der Waals surface area contributed by atoms with Crippen molar-refractivity contribution in [3.8, 4) is 0 Å². The maximum absolute atomic E-state index is 12.0. The molecule has 6 heteroatoms. The van der Waals surface area contributed by atoms with Crippen molar-refractivity contribution < 1.29 is 4.79 Å². The quantitative estimate of drug-likeness (QED) is 0.616. The molecular formula is C19H25Cl2N3O. The molecule has 25 heavy (non-hydrogen) atoms. The summed E-state index contributed by atoms with van der Waals surface area (Å²) in [6, 6.07) is 15.7. The Kier molecular flexibility index (Phi) is 8.76. The van der Waals surface area contributed by atoms with Crippen LogP contribution in [0.1, 0.15) is 27.9 Å². The van der Waals surface area contributed by atoms with Crippen LogP contribution < -0.4 is 11.1 Å². The molecule has 0 radical (unpaired) electrons. The predicted molar refractivity (Wildman–Crippen MR) is 108 cm³/mol. The van der Waals surface area contributed by atoms with Gasteiger partial charge in [-0.2, -0.15) is 0 Å². The Balaban J connectivity index is 0.00000156. The first-order chi connectivity index (χ1) is 11.2. The van der Waals surface area contributed by atoms with E-state index in [9.17, 15) is 4.79 Å². The normalized spacial score (nSPS) is 13.1. The standard InChI is InChI=1S/C19H23N3O.2ClH/c20-18-8-3-7-16(13-18)19(23)21-10-4-11-22-12-9-15-5-1-2-6-17(15)14-22;;/h1-3,5-8,13H,4,9-12,14,20H2,(H,21,23);2*1H. The van der Waals surface area contributed by atoms with E-state index in [4.69, 9.17) is 5.73 Å². The molecule has 0 saturated heterocycles. The number of carbonyl (C=O) groups excluding carboxylic acids is 1. The van der Waals surface area contributed by atoms with Crippen molar-refractivity contribution in [3.63, 3.8) is 0 Å². The summed E-state index contributed by atoms with van der Waals surface area (Å²) in [7, 11) is 0. The van der Waals surface area contributed by atoms with Gasteiger partial charge in [0.05, 0.1) is 0 Å². The lowest BCUT2D eigenvalue weighted by Gasteiger charge is -2.28. The van der Waals surface area contributed by atoms with Gasteiger partial charge in [0.2, 0.25) is 0 Å². The van der Waals surface area contributed by atoms with Crippen LogP contribution in [0, 0.1) is 0 Å². The van der Waals surface area contributed by atoms with Crippen LogP contribution in [-0.2, 0) is 13.0 Å². The first kappa shape index (κ1) is 21.3. The van der Waals surface area contributed by atoms with Crippen molar-refractivity contribution in [3.05, 3.63) is 65.2 Å². The molecule has 0 unspecified atom stereocenters. The molecule has 1 amide bonds. The lowest BCUT2D eigenvalue weighted by Crippen LogP contribution is -2.33. The van der Waals surface area contributed by atoms with Crippen molar-refractivity contribution in [1.82, 2.24) is 10.2 Å². The minimum atomic E-state index is -0.0544. The molecule has 1 aliphatic heterocycles. The Bertz CT molecular complexity index is 694. The minimum absolute atomic E-state index is 0. The number of anilines is 1. The zero-order chi connectivity index (χ0) is 16.1. The highest BCUT2D eigenvalue weighted by Gasteiger charge is 2.15. The van der Waals surface area contributed by atoms with Crippen molar-refractivity contribution in [2.24, 2.45) is 0 Å². The zero-order valence-electron chi connectivity index (χ0n) is 14.1. The van der Waals surface area contributed by atoms with Gasteiger partial charge in [0.15, 0.2) is 0 Å². The third kappa shape index (κ3) is 5.92. The molecule has 3 N–H and O–H groups in total. The second kappa shape index (κ2) is 10.3. The van der Waals surface area contributed by atoms with E-state index in [0.717, 1.165) is 32.5 Å². The second-order valence-electron chi connectivity index (χ2n) is 6.03. The fourth-order valence-corrected chi connectivity index (χ4v) is 3.03. The Labute approximate surface area is 161 Å². The van der Waals surface area contributed by atoms with Gasteiger partial charge in [-0.1, -0.05) is 30.3 Å². The summed E-state index contributed by atoms with van der Waals surface area (Å²) in [5.74, 6) is -0.0544. The first-order valence-corrected chi connectivity index (χ1v) is 8.15. The fraction of sp³-hybridized carbons (Fsp3) is 0.316. The van der Waals surface area contributed by atoms with Crippen LogP contribution in [0.4, 0.5) is 5.69 Å². The Morgan fingerprint density at radius 2 is 1.84 bits per heavy atom. The molecular weight excluding hydrogens is 357 g/mol. The van der Waals surface area contributed by atoms with E-state index in [0.29, 0.717) is 17.8 Å². The second-order valence-corrected chi connectivity index (χ2v) is 6.03. The number of halogens is 2. The molecule has 0 fully saturated rings. The van der Waals surface area contributed by atoms with Gasteiger partial charge in [0.1, 0.15) is 0 Å². The van der Waals surface area contributed by atoms with Crippen molar-refractivity contribution in [2.75, 3.05) is 25.4 Å². The van der Waals surface area contributed by atoms with E-state index in [1.807, 2.05) is 0 Å². The number of nitrogens with one attached hydrogen (secondary N) is 1. The summed E-state index contributed by atoms with van der Waals surface area (Å²) in [4.78, 5) is 14.5. The third-order valence-corrected chi connectivity index (χ3v) is 4.30. The molecule has 136 valence electrons. The number of fused-ring (bicyclic) bond motifs is 1. The predicted octanol–water partition coefficient (Wildman–Crippen LogP) is 3.29. The van der Waals surface area contributed by atoms with Gasteiger partial charge in [-0.05, 0) is 42.2 Å². The van der Waals surface area contributed by atoms with Gasteiger partial charge in [-0.15, -0.1) is 24.8 Å². The van der Waals surface area contributed by atoms with Gasteiger partial charge < -0.3 is 11.1 Å². The zero-order valence-corrected chi connectivity index (χ0v) is 15.7. The fourth-order valence-electron chi connectivity index (χ4n) is 3.03. The smallest absolute Gasteiger partial charge is 0.251 e. The molecule has 0 spiro atoms. The molecule has 1 heterocycles. The summed E-state index contributed by atoms with van der Waals surface area (Å²) >= 11 is 0. The number of rotatable bonds is 5. The van der Waals surface area contributed by atoms with Gasteiger partial charge in [-0.3, -0.25) is 9.69 Å². The maximum Gasteiger partial charge on any atom is 0.251 e. The summed E-state index contributed by atoms with van der Waals surface area (Å²) in [6.45, 7) is 3.80. The van der Waals surface area contributed by atoms with E-state index in [2.05, 4.69) is 34.5 Å². The van der Waals surface area contributed by atoms with Gasteiger partial charge in [0, 0.05) is 37.4 Å². The van der Waals surface area contributed by atoms with Crippen LogP contribution in [-0.4, -0.2) is 30.4 Å². The van der Waals surface area contributed by atoms with Gasteiger partial charge in [-0.25, -0.2) is 0 Å². The molecule has 1 aliphatic rings. The maximum atomic E-state index is 12.0. The van der Waals surface area contributed by atoms with E-state index >= 15 is 0 Å². The third-order valence-electron chi connectivity index (χ3n) is 4.30. The highest BCUT2D eigenvalue weighted by molar-refractivity contribution is 5.94. The number of hydrogen-bond donors (Lipinski definition) is 2. The monoisotopic (exact) mass is 381 g/mol. The number of hydrogen-bond acceptors (Lipinski definition) is 3. The molecule has 4 nitrogen and oxygen atoms in total. The van der Waals surface area contributed by atoms with E-state index in [-0.39, 0.29) is 30.7 Å². The average Bonchev–Trinajstić information content (AvgIpc) is 2.58. The molecule has 0 aliphatic carbocycles. The van der Waals surface area contributed by atoms with Crippen molar-refractivity contribution >= 4 is 36.4 Å². The van der Waals surface area contributed by atoms with Crippen LogP contribution in [0.25, 0.3) is 0 Å². The summed E-state index contributed by atoms with van der Waals surface area (Å²) < 4.78 is 0. The molecule has 0 saturated carbocycles. The number of benzene rings is 2. The molecule has 2 aromatic rings. The van der Waals surface area contributed by atoms with Crippen LogP contribution in [0.3, 0.4) is 0 Å². The van der Waals surface area contributed by atoms with E-state index in [1.54, 1.807) is 24.3 Å². The Morgan fingerprint density at radius 3 is 2.60 bits per heavy atom. The van der Waals surface area contributed by atoms with Crippen molar-refractivity contribution in [2.45, 2.75) is 19.4 Å². The van der Waals surface area contributed by atoms with Gasteiger partial charge in [0.25, 0.3) is 5.91 Å². The van der Waals surface area contributed by atoms with E-state index < -0.39 is 0 Å². The molecule has 0 aromatic heterocycles. The first-order valence-electron chi connectivity index (χ1n) is 8.15. The SMILES string of the molecule is Cl.Cl.Nc1cccc(C(=O)NCCCN2CCc3ccccc3C2)c1. The molecule has 0 bridgehead atoms. The van der Waals surface area contributed by atoms with Crippen LogP contribution in [0.2, 0.25) is 0 Å². The highest BCUT2D eigenvalue weighted by Crippen LogP contribution is 2.18. The lowest BCUT2D eigenvalue weighted by atomic mass is 10.00. The molecule has 2 aromatic carbocycles. The number of nitrogens with zero attached hydrogens (tertiary/aromatic N) is 1. The summed E-state index contributed by atoms with van der Waals surface area (Å²) in [5, 5.41) is 2.96. The van der Waals surface area contributed by atoms with Crippen LogP contribution in [0.15, 0.2) is 48.5 Å². The number of nitrogens with two attached hydrogens (primary N) is 1. The number of nitrogen functional groups attached to an aromatic ring is 1. The number of amides is 1. The average molecular weight is 382 g/mol. The van der Waals surface area contributed by atoms with Crippen LogP contribution in [0.5, 0.6) is 0 Å². The largest absolute Gasteiger partial charge is 0.399 e. The summed E-state index contributed by atoms with van der Waals surface area (Å²) in [5.41, 5.74) is 9.84. The van der Waals surface area contributed by atoms with Crippen molar-refractivity contribution in [1.29, 1.82) is 0 Å². The van der Waals surface area contributed by atoms with Crippen LogP contribution >= 0.6 is 24.8 Å². The number of carbonyl (C=O) groups is 1. The van der Waals surface area contributed by atoms with E-state index in [1.165, 1.54) is 11.1 Å². The lowest BCUT2D eigenvalue weighted by molar-refractivity contribution is 0.0951. The highest BCUT2D eigenvalue weighted by atomic mass is 35.5. The molecule has 0 atom stereocenters. The van der Waals surface area contributed by atoms with Gasteiger partial charge >= 0.3 is 0 Å². The Hall–Kier alpha value is -1.75. The molecule has 3 rings (SSSR count). The minimum Gasteiger partial charge on any atom is -0.399 e. The topological polar surface area (TPSA) is 58.4 Å². The Morgan fingerprint density at radius 1 is 1.08 bits per heavy atom. The summed E-state index contributed by atoms with van der Waals surface area (Å²) in [6.07, 6.45) is 2.07.